The first-order valence-electron chi connectivity index (χ1n) is 6.46. The minimum absolute atomic E-state index is 0.0740. The van der Waals surface area contributed by atoms with E-state index in [4.69, 9.17) is 0 Å². The van der Waals surface area contributed by atoms with Crippen LogP contribution in [0.4, 0.5) is 8.78 Å². The molecule has 0 amide bonds. The van der Waals surface area contributed by atoms with E-state index >= 15 is 0 Å². The number of nitrogens with one attached hydrogen (secondary N) is 2. The molecule has 0 saturated heterocycles. The van der Waals surface area contributed by atoms with Crippen molar-refractivity contribution in [3.8, 4) is 5.75 Å². The highest BCUT2D eigenvalue weighted by Gasteiger charge is 2.16. The van der Waals surface area contributed by atoms with Gasteiger partial charge in [0.2, 0.25) is 0 Å². The number of ether oxygens (including phenoxy) is 1. The second-order valence-corrected chi connectivity index (χ2v) is 4.29. The van der Waals surface area contributed by atoms with Crippen molar-refractivity contribution >= 4 is 0 Å². The lowest BCUT2D eigenvalue weighted by atomic mass is 10.0. The van der Waals surface area contributed by atoms with Crippen molar-refractivity contribution in [2.45, 2.75) is 32.5 Å². The van der Waals surface area contributed by atoms with Crippen LogP contribution in [0.15, 0.2) is 36.7 Å². The van der Waals surface area contributed by atoms with Crippen LogP contribution >= 0.6 is 0 Å². The average Bonchev–Trinajstić information content (AvgIpc) is 2.94. The predicted molar refractivity (Wildman–Crippen MR) is 71.5 cm³/mol. The molecule has 6 heteroatoms. The Kier molecular flexibility index (Phi) is 5.06. The van der Waals surface area contributed by atoms with Gasteiger partial charge in [0, 0.05) is 24.0 Å². The zero-order chi connectivity index (χ0) is 14.4. The second-order valence-electron chi connectivity index (χ2n) is 4.29. The Bertz CT molecular complexity index is 517. The Labute approximate surface area is 116 Å². The molecule has 1 atom stereocenters. The molecule has 0 radical (unpaired) electrons. The number of nitrogens with zero attached hydrogens (tertiary/aromatic N) is 1. The normalized spacial score (nSPS) is 12.6. The monoisotopic (exact) mass is 281 g/mol. The molecule has 0 bridgehead atoms. The summed E-state index contributed by atoms with van der Waals surface area (Å²) in [5.41, 5.74) is 0.724. The van der Waals surface area contributed by atoms with Crippen molar-refractivity contribution in [1.29, 1.82) is 0 Å². The zero-order valence-electron chi connectivity index (χ0n) is 11.1. The molecule has 0 spiro atoms. The molecule has 2 aromatic rings. The molecule has 1 aromatic heterocycles. The summed E-state index contributed by atoms with van der Waals surface area (Å²) in [4.78, 5) is 7.11. The van der Waals surface area contributed by atoms with Crippen molar-refractivity contribution in [2.75, 3.05) is 0 Å². The van der Waals surface area contributed by atoms with Crippen LogP contribution in [0.2, 0.25) is 0 Å². The topological polar surface area (TPSA) is 49.9 Å². The highest BCUT2D eigenvalue weighted by atomic mass is 19.3. The number of imidazole rings is 1. The highest BCUT2D eigenvalue weighted by Crippen LogP contribution is 2.28. The molecule has 2 rings (SSSR count). The van der Waals surface area contributed by atoms with Gasteiger partial charge in [0.05, 0.1) is 6.54 Å². The molecule has 0 aliphatic rings. The number of halogens is 2. The lowest BCUT2D eigenvalue weighted by Crippen LogP contribution is -2.22. The fourth-order valence-electron chi connectivity index (χ4n) is 2.06. The first-order valence-corrected chi connectivity index (χ1v) is 6.46. The van der Waals surface area contributed by atoms with Crippen LogP contribution in [-0.4, -0.2) is 16.6 Å². The van der Waals surface area contributed by atoms with E-state index in [0.717, 1.165) is 17.8 Å². The molecular formula is C14H17F2N3O. The Hall–Kier alpha value is -1.95. The number of hydrogen-bond donors (Lipinski definition) is 2. The Morgan fingerprint density at radius 1 is 1.35 bits per heavy atom. The van der Waals surface area contributed by atoms with E-state index in [-0.39, 0.29) is 11.8 Å². The fraction of sp³-hybridized carbons (Fsp3) is 0.357. The number of aromatic amines is 1. The third-order valence-electron chi connectivity index (χ3n) is 2.99. The number of H-pyrrole nitrogens is 1. The lowest BCUT2D eigenvalue weighted by Gasteiger charge is -2.20. The van der Waals surface area contributed by atoms with Gasteiger partial charge < -0.3 is 15.0 Å². The molecule has 108 valence electrons. The molecule has 1 unspecified atom stereocenters. The minimum atomic E-state index is -2.82. The molecule has 1 heterocycles. The standard InChI is InChI=1S/C14H17F2N3O/c1-2-11(19-9-13-17-7-8-18-13)10-5-3-4-6-12(10)20-14(15)16/h3-8,11,14,19H,2,9H2,1H3,(H,17,18). The molecule has 0 saturated carbocycles. The summed E-state index contributed by atoms with van der Waals surface area (Å²) in [5.74, 6) is 1.01. The number of para-hydroxylation sites is 1. The van der Waals surface area contributed by atoms with Gasteiger partial charge in [-0.1, -0.05) is 25.1 Å². The third kappa shape index (κ3) is 3.77. The quantitative estimate of drug-likeness (QED) is 0.819. The molecule has 4 nitrogen and oxygen atoms in total. The van der Waals surface area contributed by atoms with Gasteiger partial charge in [0.1, 0.15) is 11.6 Å². The van der Waals surface area contributed by atoms with Crippen LogP contribution in [-0.2, 0) is 6.54 Å². The summed E-state index contributed by atoms with van der Waals surface area (Å²) in [6.07, 6.45) is 4.17. The van der Waals surface area contributed by atoms with Crippen LogP contribution in [0.5, 0.6) is 5.75 Å². The van der Waals surface area contributed by atoms with Crippen LogP contribution in [0, 0.1) is 0 Å². The Balaban J connectivity index is 2.10. The maximum Gasteiger partial charge on any atom is 0.387 e. The van der Waals surface area contributed by atoms with Gasteiger partial charge in [-0.3, -0.25) is 0 Å². The Morgan fingerprint density at radius 2 is 2.15 bits per heavy atom. The van der Waals surface area contributed by atoms with Crippen molar-refractivity contribution in [3.05, 3.63) is 48.0 Å². The van der Waals surface area contributed by atoms with E-state index < -0.39 is 6.61 Å². The molecule has 20 heavy (non-hydrogen) atoms. The maximum atomic E-state index is 12.4. The minimum Gasteiger partial charge on any atom is -0.434 e. The summed E-state index contributed by atoms with van der Waals surface area (Å²) in [6.45, 7) is -0.299. The number of rotatable bonds is 7. The van der Waals surface area contributed by atoms with Crippen LogP contribution < -0.4 is 10.1 Å². The van der Waals surface area contributed by atoms with Gasteiger partial charge >= 0.3 is 6.61 Å². The largest absolute Gasteiger partial charge is 0.434 e. The van der Waals surface area contributed by atoms with Crippen molar-refractivity contribution < 1.29 is 13.5 Å². The Morgan fingerprint density at radius 3 is 2.80 bits per heavy atom. The summed E-state index contributed by atoms with van der Waals surface area (Å²) in [7, 11) is 0. The molecule has 0 aliphatic carbocycles. The van der Waals surface area contributed by atoms with Gasteiger partial charge in [-0.15, -0.1) is 0 Å². The van der Waals surface area contributed by atoms with E-state index in [2.05, 4.69) is 20.0 Å². The molecule has 0 aliphatic heterocycles. The van der Waals surface area contributed by atoms with E-state index in [9.17, 15) is 8.78 Å². The third-order valence-corrected chi connectivity index (χ3v) is 2.99. The SMILES string of the molecule is CCC(NCc1ncc[nH]1)c1ccccc1OC(F)F. The first kappa shape index (κ1) is 14.5. The molecule has 0 fully saturated rings. The number of alkyl halides is 2. The zero-order valence-corrected chi connectivity index (χ0v) is 11.1. The van der Waals surface area contributed by atoms with Crippen LogP contribution in [0.3, 0.4) is 0 Å². The maximum absolute atomic E-state index is 12.4. The number of hydrogen-bond acceptors (Lipinski definition) is 3. The van der Waals surface area contributed by atoms with Crippen molar-refractivity contribution in [1.82, 2.24) is 15.3 Å². The summed E-state index contributed by atoms with van der Waals surface area (Å²) in [6, 6.07) is 6.76. The molecule has 2 N–H and O–H groups in total. The van der Waals surface area contributed by atoms with E-state index in [1.165, 1.54) is 0 Å². The van der Waals surface area contributed by atoms with Gasteiger partial charge in [0.25, 0.3) is 0 Å². The second kappa shape index (κ2) is 7.00. The van der Waals surface area contributed by atoms with Crippen LogP contribution in [0.25, 0.3) is 0 Å². The first-order chi connectivity index (χ1) is 9.70. The van der Waals surface area contributed by atoms with Crippen molar-refractivity contribution in [2.24, 2.45) is 0 Å². The molecular weight excluding hydrogens is 264 g/mol. The fourth-order valence-corrected chi connectivity index (χ4v) is 2.06. The molecule has 1 aromatic carbocycles. The van der Waals surface area contributed by atoms with Gasteiger partial charge in [0.15, 0.2) is 0 Å². The lowest BCUT2D eigenvalue weighted by molar-refractivity contribution is -0.0507. The smallest absolute Gasteiger partial charge is 0.387 e. The van der Waals surface area contributed by atoms with E-state index in [0.29, 0.717) is 6.54 Å². The van der Waals surface area contributed by atoms with Crippen molar-refractivity contribution in [3.63, 3.8) is 0 Å². The summed E-state index contributed by atoms with van der Waals surface area (Å²) >= 11 is 0. The van der Waals surface area contributed by atoms with Gasteiger partial charge in [-0.25, -0.2) is 4.98 Å². The summed E-state index contributed by atoms with van der Waals surface area (Å²) < 4.78 is 29.4. The average molecular weight is 281 g/mol. The van der Waals surface area contributed by atoms with Crippen LogP contribution in [0.1, 0.15) is 30.8 Å². The van der Waals surface area contributed by atoms with Gasteiger partial charge in [-0.05, 0) is 12.5 Å². The predicted octanol–water partition coefficient (Wildman–Crippen LogP) is 3.25. The number of aromatic nitrogens is 2. The van der Waals surface area contributed by atoms with Gasteiger partial charge in [-0.2, -0.15) is 8.78 Å². The number of benzene rings is 1. The summed E-state index contributed by atoms with van der Waals surface area (Å²) in [5, 5.41) is 3.28. The van der Waals surface area contributed by atoms with E-state index in [1.54, 1.807) is 30.6 Å². The van der Waals surface area contributed by atoms with E-state index in [1.807, 2.05) is 13.0 Å². The highest BCUT2D eigenvalue weighted by molar-refractivity contribution is 5.36.